The van der Waals surface area contributed by atoms with Gasteiger partial charge in [0.2, 0.25) is 5.43 Å². The predicted molar refractivity (Wildman–Crippen MR) is 167 cm³/mol. The SMILES string of the molecule is CN(CCc1ccccn1)C(=O)c1cn2c3c(c(NCCCn4ccnc4)c(F)cc3c1=O)Oc1ccc3ccccc3c1-2. The number of nitrogens with one attached hydrogen (secondary N) is 1. The van der Waals surface area contributed by atoms with Crippen LogP contribution in [0.1, 0.15) is 22.5 Å². The van der Waals surface area contributed by atoms with Gasteiger partial charge in [-0.25, -0.2) is 9.37 Å². The van der Waals surface area contributed by atoms with Crippen LogP contribution in [-0.2, 0) is 13.0 Å². The lowest BCUT2D eigenvalue weighted by Gasteiger charge is -2.27. The van der Waals surface area contributed by atoms with E-state index in [1.807, 2.05) is 69.9 Å². The molecule has 0 saturated heterocycles. The number of aryl methyl sites for hydroxylation is 1. The van der Waals surface area contributed by atoms with Gasteiger partial charge in [0, 0.05) is 69.0 Å². The second-order valence-corrected chi connectivity index (χ2v) is 10.8. The number of likely N-dealkylation sites (N-methyl/N-ethyl adjacent to an activating group) is 1. The number of carbonyl (C=O) groups is 1. The van der Waals surface area contributed by atoms with Crippen LogP contribution in [0.2, 0.25) is 0 Å². The van der Waals surface area contributed by atoms with E-state index in [2.05, 4.69) is 15.3 Å². The Bertz CT molecular complexity index is 2080. The highest BCUT2D eigenvalue weighted by Gasteiger charge is 2.30. The number of imidazole rings is 1. The van der Waals surface area contributed by atoms with E-state index in [9.17, 15) is 9.59 Å². The molecule has 1 amide bonds. The third-order valence-electron chi connectivity index (χ3n) is 7.97. The highest BCUT2D eigenvalue weighted by atomic mass is 19.1. The number of amides is 1. The number of anilines is 1. The summed E-state index contributed by atoms with van der Waals surface area (Å²) in [6.07, 6.45) is 9.84. The average molecular weight is 589 g/mol. The lowest BCUT2D eigenvalue weighted by molar-refractivity contribution is 0.0794. The van der Waals surface area contributed by atoms with Crippen molar-refractivity contribution in [3.8, 4) is 17.2 Å². The molecule has 0 unspecified atom stereocenters. The number of fused-ring (bicyclic) bond motifs is 4. The summed E-state index contributed by atoms with van der Waals surface area (Å²) < 4.78 is 26.0. The van der Waals surface area contributed by atoms with Crippen LogP contribution in [0.4, 0.5) is 10.1 Å². The zero-order valence-electron chi connectivity index (χ0n) is 24.0. The maximum atomic E-state index is 15.8. The van der Waals surface area contributed by atoms with Gasteiger partial charge in [-0.15, -0.1) is 0 Å². The van der Waals surface area contributed by atoms with Gasteiger partial charge >= 0.3 is 0 Å². The quantitative estimate of drug-likeness (QED) is 0.214. The molecule has 3 aromatic carbocycles. The lowest BCUT2D eigenvalue weighted by atomic mass is 10.0. The van der Waals surface area contributed by atoms with Gasteiger partial charge in [0.15, 0.2) is 17.3 Å². The molecule has 4 heterocycles. The number of pyridine rings is 2. The first-order valence-corrected chi connectivity index (χ1v) is 14.5. The number of hydrogen-bond donors (Lipinski definition) is 1. The fraction of sp³-hybridized carbons (Fsp3) is 0.176. The number of nitrogens with zero attached hydrogens (tertiary/aromatic N) is 5. The Morgan fingerprint density at radius 1 is 1.07 bits per heavy atom. The standard InChI is InChI=1S/C34H29FN6O3/c1-39(17-12-23-8-4-5-13-37-23)34(43)26-20-41-30-24-9-3-2-7-22(24)10-11-28(30)44-33-29(27(35)19-25(31(33)41)32(26)42)38-14-6-16-40-18-15-36-21-40/h2-5,7-11,13,15,18-21,38H,6,12,14,16-17H2,1H3. The lowest BCUT2D eigenvalue weighted by Crippen LogP contribution is -2.33. The van der Waals surface area contributed by atoms with Crippen molar-refractivity contribution in [3.05, 3.63) is 119 Å². The van der Waals surface area contributed by atoms with Gasteiger partial charge in [-0.1, -0.05) is 36.4 Å². The normalized spacial score (nSPS) is 11.8. The number of ether oxygens (including phenoxy) is 1. The maximum Gasteiger partial charge on any atom is 0.259 e. The summed E-state index contributed by atoms with van der Waals surface area (Å²) in [4.78, 5) is 37.5. The Morgan fingerprint density at radius 3 is 2.75 bits per heavy atom. The number of halogens is 1. The summed E-state index contributed by atoms with van der Waals surface area (Å²) in [5.74, 6) is -0.371. The molecule has 0 fully saturated rings. The molecule has 0 saturated carbocycles. The minimum absolute atomic E-state index is 0.0480. The molecule has 1 N–H and O–H groups in total. The fourth-order valence-corrected chi connectivity index (χ4v) is 5.72. The highest BCUT2D eigenvalue weighted by molar-refractivity contribution is 6.03. The van der Waals surface area contributed by atoms with Crippen molar-refractivity contribution in [2.75, 3.05) is 25.5 Å². The second kappa shape index (κ2) is 11.3. The van der Waals surface area contributed by atoms with Crippen LogP contribution in [0.15, 0.2) is 96.6 Å². The van der Waals surface area contributed by atoms with Crippen LogP contribution in [0.3, 0.4) is 0 Å². The van der Waals surface area contributed by atoms with Crippen LogP contribution in [0.25, 0.3) is 27.4 Å². The molecule has 220 valence electrons. The van der Waals surface area contributed by atoms with Crippen LogP contribution in [0, 0.1) is 5.82 Å². The van der Waals surface area contributed by atoms with Gasteiger partial charge in [-0.2, -0.15) is 0 Å². The Balaban J connectivity index is 1.33. The Kier molecular flexibility index (Phi) is 7.01. The van der Waals surface area contributed by atoms with Crippen molar-refractivity contribution in [1.82, 2.24) is 24.0 Å². The number of aromatic nitrogens is 4. The molecule has 10 heteroatoms. The molecule has 0 atom stereocenters. The summed E-state index contributed by atoms with van der Waals surface area (Å²) in [5, 5.41) is 5.11. The van der Waals surface area contributed by atoms with Crippen molar-refractivity contribution < 1.29 is 13.9 Å². The fourth-order valence-electron chi connectivity index (χ4n) is 5.72. The van der Waals surface area contributed by atoms with E-state index in [1.165, 1.54) is 11.0 Å². The first-order chi connectivity index (χ1) is 21.5. The van der Waals surface area contributed by atoms with E-state index < -0.39 is 17.2 Å². The highest BCUT2D eigenvalue weighted by Crippen LogP contribution is 2.47. The third-order valence-corrected chi connectivity index (χ3v) is 7.97. The van der Waals surface area contributed by atoms with Crippen molar-refractivity contribution in [1.29, 1.82) is 0 Å². The molecule has 1 aliphatic rings. The van der Waals surface area contributed by atoms with Gasteiger partial charge in [0.05, 0.1) is 17.4 Å². The molecule has 44 heavy (non-hydrogen) atoms. The molecule has 3 aromatic heterocycles. The van der Waals surface area contributed by atoms with E-state index in [1.54, 1.807) is 32.0 Å². The van der Waals surface area contributed by atoms with Gasteiger partial charge in [0.25, 0.3) is 5.91 Å². The Hall–Kier alpha value is -5.51. The van der Waals surface area contributed by atoms with E-state index in [-0.39, 0.29) is 22.4 Å². The molecular formula is C34H29FN6O3. The van der Waals surface area contributed by atoms with E-state index in [4.69, 9.17) is 4.74 Å². The van der Waals surface area contributed by atoms with E-state index in [0.29, 0.717) is 49.4 Å². The summed E-state index contributed by atoms with van der Waals surface area (Å²) in [7, 11) is 1.65. The zero-order chi connectivity index (χ0) is 30.2. The molecule has 0 aliphatic carbocycles. The molecule has 6 aromatic rings. The van der Waals surface area contributed by atoms with Crippen molar-refractivity contribution in [2.45, 2.75) is 19.4 Å². The van der Waals surface area contributed by atoms with Gasteiger partial charge in [0.1, 0.15) is 16.8 Å². The van der Waals surface area contributed by atoms with Crippen LogP contribution < -0.4 is 15.5 Å². The van der Waals surface area contributed by atoms with Crippen molar-refractivity contribution >= 4 is 33.3 Å². The van der Waals surface area contributed by atoms with Crippen LogP contribution in [-0.4, -0.2) is 50.0 Å². The van der Waals surface area contributed by atoms with Gasteiger partial charge < -0.3 is 24.1 Å². The second-order valence-electron chi connectivity index (χ2n) is 10.8. The first kappa shape index (κ1) is 27.3. The Labute approximate surface area is 252 Å². The number of hydrogen-bond acceptors (Lipinski definition) is 6. The molecule has 0 radical (unpaired) electrons. The topological polar surface area (TPSA) is 94.3 Å². The molecule has 0 bridgehead atoms. The number of rotatable bonds is 9. The Morgan fingerprint density at radius 2 is 1.93 bits per heavy atom. The van der Waals surface area contributed by atoms with E-state index >= 15 is 4.39 Å². The largest absolute Gasteiger partial charge is 0.451 e. The zero-order valence-corrected chi connectivity index (χ0v) is 24.0. The average Bonchev–Trinajstić information content (AvgIpc) is 3.57. The molecule has 0 spiro atoms. The molecule has 7 rings (SSSR count). The van der Waals surface area contributed by atoms with Crippen molar-refractivity contribution in [3.63, 3.8) is 0 Å². The minimum atomic E-state index is -0.629. The van der Waals surface area contributed by atoms with Crippen LogP contribution >= 0.6 is 0 Å². The summed E-state index contributed by atoms with van der Waals surface area (Å²) in [5.41, 5.74) is 1.50. The number of carbonyl (C=O) groups excluding carboxylic acids is 1. The molecule has 9 nitrogen and oxygen atoms in total. The monoisotopic (exact) mass is 588 g/mol. The number of benzene rings is 3. The molecular weight excluding hydrogens is 559 g/mol. The van der Waals surface area contributed by atoms with Crippen LogP contribution in [0.5, 0.6) is 11.5 Å². The van der Waals surface area contributed by atoms with Crippen molar-refractivity contribution in [2.24, 2.45) is 0 Å². The maximum absolute atomic E-state index is 15.8. The smallest absolute Gasteiger partial charge is 0.259 e. The third kappa shape index (κ3) is 4.84. The van der Waals surface area contributed by atoms with Gasteiger partial charge in [-0.3, -0.25) is 14.6 Å². The summed E-state index contributed by atoms with van der Waals surface area (Å²) in [6, 6.07) is 18.4. The predicted octanol–water partition coefficient (Wildman–Crippen LogP) is 5.80. The molecule has 1 aliphatic heterocycles. The van der Waals surface area contributed by atoms with Gasteiger partial charge in [-0.05, 0) is 36.1 Å². The first-order valence-electron chi connectivity index (χ1n) is 14.5. The summed E-state index contributed by atoms with van der Waals surface area (Å²) >= 11 is 0. The minimum Gasteiger partial charge on any atom is -0.451 e. The van der Waals surface area contributed by atoms with E-state index in [0.717, 1.165) is 16.5 Å². The summed E-state index contributed by atoms with van der Waals surface area (Å²) in [6.45, 7) is 1.53.